The SMILES string of the molecule is CCCOc1ccc(/C=N\NC(=O)CSc2nnc(SCc3ccc(Cl)cc3)s2)cc1. The number of nitrogens with one attached hydrogen (secondary N) is 1. The highest BCUT2D eigenvalue weighted by atomic mass is 35.5. The number of ether oxygens (including phenoxy) is 1. The molecule has 3 aromatic rings. The van der Waals surface area contributed by atoms with Gasteiger partial charge in [0, 0.05) is 10.8 Å². The third-order valence-corrected chi connectivity index (χ3v) is 7.26. The lowest BCUT2D eigenvalue weighted by molar-refractivity contribution is -0.118. The number of aromatic nitrogens is 2. The zero-order valence-corrected chi connectivity index (χ0v) is 20.0. The minimum Gasteiger partial charge on any atom is -0.494 e. The summed E-state index contributed by atoms with van der Waals surface area (Å²) in [7, 11) is 0. The van der Waals surface area contributed by atoms with Gasteiger partial charge in [-0.2, -0.15) is 5.10 Å². The minimum absolute atomic E-state index is 0.199. The van der Waals surface area contributed by atoms with Crippen LogP contribution in [0.5, 0.6) is 5.75 Å². The number of hydrogen-bond donors (Lipinski definition) is 1. The van der Waals surface area contributed by atoms with Crippen molar-refractivity contribution in [3.05, 3.63) is 64.7 Å². The van der Waals surface area contributed by atoms with E-state index >= 15 is 0 Å². The average Bonchev–Trinajstić information content (AvgIpc) is 3.25. The molecule has 0 aliphatic heterocycles. The Morgan fingerprint density at radius 2 is 1.84 bits per heavy atom. The monoisotopic (exact) mass is 492 g/mol. The Labute approximate surface area is 198 Å². The summed E-state index contributed by atoms with van der Waals surface area (Å²) in [5.74, 6) is 1.63. The lowest BCUT2D eigenvalue weighted by Crippen LogP contribution is -2.19. The number of halogens is 1. The lowest BCUT2D eigenvalue weighted by atomic mass is 10.2. The highest BCUT2D eigenvalue weighted by Crippen LogP contribution is 2.30. The molecule has 1 amide bonds. The fourth-order valence-electron chi connectivity index (χ4n) is 2.25. The van der Waals surface area contributed by atoms with E-state index in [2.05, 4.69) is 27.6 Å². The molecule has 0 aliphatic rings. The first kappa shape index (κ1) is 23.6. The highest BCUT2D eigenvalue weighted by Gasteiger charge is 2.08. The van der Waals surface area contributed by atoms with Crippen LogP contribution in [-0.4, -0.2) is 34.7 Å². The number of amides is 1. The van der Waals surface area contributed by atoms with Crippen LogP contribution in [0.25, 0.3) is 0 Å². The maximum atomic E-state index is 12.0. The van der Waals surface area contributed by atoms with Crippen molar-refractivity contribution in [2.24, 2.45) is 5.10 Å². The van der Waals surface area contributed by atoms with Crippen molar-refractivity contribution in [3.63, 3.8) is 0 Å². The smallest absolute Gasteiger partial charge is 0.250 e. The topological polar surface area (TPSA) is 76.5 Å². The number of hydrazone groups is 1. The third-order valence-electron chi connectivity index (χ3n) is 3.75. The first-order valence-corrected chi connectivity index (χ1v) is 12.7. The van der Waals surface area contributed by atoms with E-state index in [4.69, 9.17) is 16.3 Å². The van der Waals surface area contributed by atoms with Gasteiger partial charge in [0.1, 0.15) is 5.75 Å². The van der Waals surface area contributed by atoms with Crippen molar-refractivity contribution < 1.29 is 9.53 Å². The van der Waals surface area contributed by atoms with Gasteiger partial charge >= 0.3 is 0 Å². The molecule has 0 unspecified atom stereocenters. The maximum Gasteiger partial charge on any atom is 0.250 e. The second kappa shape index (κ2) is 12.7. The van der Waals surface area contributed by atoms with Crippen LogP contribution in [0.4, 0.5) is 0 Å². The van der Waals surface area contributed by atoms with Crippen LogP contribution in [0.2, 0.25) is 5.02 Å². The normalized spacial score (nSPS) is 11.0. The number of carbonyl (C=O) groups is 1. The van der Waals surface area contributed by atoms with Crippen LogP contribution in [0.1, 0.15) is 24.5 Å². The van der Waals surface area contributed by atoms with Gasteiger partial charge in [-0.25, -0.2) is 5.43 Å². The molecule has 31 heavy (non-hydrogen) atoms. The molecule has 0 bridgehead atoms. The van der Waals surface area contributed by atoms with Gasteiger partial charge in [-0.05, 0) is 53.9 Å². The van der Waals surface area contributed by atoms with E-state index in [9.17, 15) is 4.79 Å². The molecule has 1 aromatic heterocycles. The van der Waals surface area contributed by atoms with Gasteiger partial charge in [0.2, 0.25) is 0 Å². The zero-order chi connectivity index (χ0) is 21.9. The molecule has 0 saturated heterocycles. The summed E-state index contributed by atoms with van der Waals surface area (Å²) in [6.45, 7) is 2.76. The van der Waals surface area contributed by atoms with Crippen LogP contribution in [0.3, 0.4) is 0 Å². The van der Waals surface area contributed by atoms with Crippen LogP contribution in [0.15, 0.2) is 62.3 Å². The number of benzene rings is 2. The molecule has 10 heteroatoms. The molecule has 2 aromatic carbocycles. The zero-order valence-electron chi connectivity index (χ0n) is 16.8. The Balaban J connectivity index is 1.37. The van der Waals surface area contributed by atoms with E-state index in [1.807, 2.05) is 48.5 Å². The Bertz CT molecular complexity index is 995. The number of nitrogens with zero attached hydrogens (tertiary/aromatic N) is 3. The van der Waals surface area contributed by atoms with Gasteiger partial charge in [-0.3, -0.25) is 4.79 Å². The van der Waals surface area contributed by atoms with E-state index in [0.717, 1.165) is 37.2 Å². The van der Waals surface area contributed by atoms with Gasteiger partial charge in [-0.15, -0.1) is 10.2 Å². The predicted octanol–water partition coefficient (Wildman–Crippen LogP) is 5.52. The minimum atomic E-state index is -0.199. The quantitative estimate of drug-likeness (QED) is 0.216. The molecule has 0 saturated carbocycles. The van der Waals surface area contributed by atoms with Gasteiger partial charge in [0.25, 0.3) is 5.91 Å². The second-order valence-electron chi connectivity index (χ2n) is 6.25. The van der Waals surface area contributed by atoms with Crippen LogP contribution >= 0.6 is 46.5 Å². The van der Waals surface area contributed by atoms with Crippen molar-refractivity contribution in [3.8, 4) is 5.75 Å². The van der Waals surface area contributed by atoms with E-state index in [1.54, 1.807) is 18.0 Å². The first-order chi connectivity index (χ1) is 15.1. The predicted molar refractivity (Wildman–Crippen MR) is 130 cm³/mol. The van der Waals surface area contributed by atoms with E-state index < -0.39 is 0 Å². The van der Waals surface area contributed by atoms with E-state index in [0.29, 0.717) is 6.61 Å². The Morgan fingerprint density at radius 3 is 2.55 bits per heavy atom. The molecule has 6 nitrogen and oxygen atoms in total. The lowest BCUT2D eigenvalue weighted by Gasteiger charge is -2.03. The number of thioether (sulfide) groups is 2. The fourth-order valence-corrected chi connectivity index (χ4v) is 5.14. The largest absolute Gasteiger partial charge is 0.494 e. The Kier molecular flexibility index (Phi) is 9.67. The van der Waals surface area contributed by atoms with Crippen molar-refractivity contribution >= 4 is 58.6 Å². The fraction of sp³-hybridized carbons (Fsp3) is 0.238. The molecule has 3 rings (SSSR count). The van der Waals surface area contributed by atoms with E-state index in [-0.39, 0.29) is 11.7 Å². The summed E-state index contributed by atoms with van der Waals surface area (Å²) in [5.41, 5.74) is 4.57. The average molecular weight is 493 g/mol. The van der Waals surface area contributed by atoms with Crippen LogP contribution < -0.4 is 10.2 Å². The van der Waals surface area contributed by atoms with Crippen molar-refractivity contribution in [1.29, 1.82) is 0 Å². The van der Waals surface area contributed by atoms with Crippen molar-refractivity contribution in [1.82, 2.24) is 15.6 Å². The molecule has 0 radical (unpaired) electrons. The molecule has 0 fully saturated rings. The van der Waals surface area contributed by atoms with Gasteiger partial charge < -0.3 is 4.74 Å². The number of carbonyl (C=O) groups excluding carboxylic acids is 1. The second-order valence-corrected chi connectivity index (χ2v) is 10.1. The Morgan fingerprint density at radius 1 is 1.13 bits per heavy atom. The molecule has 162 valence electrons. The molecular formula is C21H21ClN4O2S3. The summed E-state index contributed by atoms with van der Waals surface area (Å²) in [4.78, 5) is 12.0. The summed E-state index contributed by atoms with van der Waals surface area (Å²) < 4.78 is 7.15. The summed E-state index contributed by atoms with van der Waals surface area (Å²) >= 11 is 10.3. The van der Waals surface area contributed by atoms with Crippen LogP contribution in [0, 0.1) is 0 Å². The molecular weight excluding hydrogens is 472 g/mol. The standard InChI is InChI=1S/C21H21ClN4O2S3/c1-2-11-28-18-9-5-15(6-10-18)12-23-24-19(27)14-30-21-26-25-20(31-21)29-13-16-3-7-17(22)8-4-16/h3-10,12H,2,11,13-14H2,1H3,(H,24,27)/b23-12-. The highest BCUT2D eigenvalue weighted by molar-refractivity contribution is 8.03. The Hall–Kier alpha value is -2.07. The molecule has 1 heterocycles. The maximum absolute atomic E-state index is 12.0. The summed E-state index contributed by atoms with van der Waals surface area (Å²) in [5, 5.41) is 13.0. The number of hydrogen-bond acceptors (Lipinski definition) is 8. The van der Waals surface area contributed by atoms with E-state index in [1.165, 1.54) is 28.7 Å². The molecule has 0 spiro atoms. The molecule has 1 N–H and O–H groups in total. The first-order valence-electron chi connectivity index (χ1n) is 9.50. The van der Waals surface area contributed by atoms with Crippen LogP contribution in [-0.2, 0) is 10.5 Å². The van der Waals surface area contributed by atoms with Gasteiger partial charge in [0.15, 0.2) is 8.68 Å². The summed E-state index contributed by atoms with van der Waals surface area (Å²) in [6, 6.07) is 15.3. The van der Waals surface area contributed by atoms with Gasteiger partial charge in [0.05, 0.1) is 18.6 Å². The molecule has 0 aliphatic carbocycles. The van der Waals surface area contributed by atoms with Gasteiger partial charge in [-0.1, -0.05) is 65.5 Å². The number of rotatable bonds is 11. The van der Waals surface area contributed by atoms with Crippen molar-refractivity contribution in [2.75, 3.05) is 12.4 Å². The summed E-state index contributed by atoms with van der Waals surface area (Å²) in [6.07, 6.45) is 2.57. The molecule has 0 atom stereocenters. The third kappa shape index (κ3) is 8.53. The van der Waals surface area contributed by atoms with Crippen molar-refractivity contribution in [2.45, 2.75) is 27.8 Å².